The normalized spacial score (nSPS) is 16.0. The molecule has 5 atom stereocenters. The molecule has 17 nitrogen and oxygen atoms in total. The Morgan fingerprint density at radius 2 is 0.691 bits per heavy atom. The lowest BCUT2D eigenvalue weighted by Crippen LogP contribution is -2.63. The van der Waals surface area contributed by atoms with E-state index in [0.717, 1.165) is 102 Å². The Bertz CT molecular complexity index is 2340. The third-order valence-electron chi connectivity index (χ3n) is 19.0. The van der Waals surface area contributed by atoms with Gasteiger partial charge in [0.1, 0.15) is 24.1 Å². The van der Waals surface area contributed by atoms with Crippen molar-refractivity contribution in [2.75, 3.05) is 11.9 Å². The monoisotopic (exact) mass is 1360 g/mol. The summed E-state index contributed by atoms with van der Waals surface area (Å²) in [7, 11) is 0. The van der Waals surface area contributed by atoms with Crippen molar-refractivity contribution in [3.63, 3.8) is 0 Å². The van der Waals surface area contributed by atoms with Gasteiger partial charge in [0, 0.05) is 37.4 Å². The summed E-state index contributed by atoms with van der Waals surface area (Å²) < 4.78 is 38.5. The molecule has 2 aromatic rings. The molecule has 1 saturated heterocycles. The number of carbonyl (C=O) groups excluding carboxylic acids is 4. The van der Waals surface area contributed by atoms with Gasteiger partial charge in [-0.05, 0) is 56.0 Å². The van der Waals surface area contributed by atoms with Crippen LogP contribution < -0.4 is 10.1 Å². The molecule has 0 aliphatic carbocycles. The summed E-state index contributed by atoms with van der Waals surface area (Å²) >= 11 is 0. The molecule has 0 spiro atoms. The van der Waals surface area contributed by atoms with Crippen LogP contribution in [0.15, 0.2) is 42.5 Å². The van der Waals surface area contributed by atoms with E-state index in [2.05, 4.69) is 33.0 Å². The lowest BCUT2D eigenvalue weighted by atomic mass is 9.97. The Kier molecular flexibility index (Phi) is 51.8. The maximum absolute atomic E-state index is 14.4. The number of nitro benzene ring substituents is 2. The number of anilines is 2. The predicted octanol–water partition coefficient (Wildman–Crippen LogP) is 23.8. The van der Waals surface area contributed by atoms with Crippen molar-refractivity contribution < 1.29 is 57.4 Å². The number of rotatable bonds is 65. The number of unbranched alkanes of at least 4 members (excludes halogenated alkanes) is 46. The van der Waals surface area contributed by atoms with Gasteiger partial charge in [0.25, 0.3) is 11.4 Å². The van der Waals surface area contributed by atoms with Crippen LogP contribution in [0.3, 0.4) is 0 Å². The third-order valence-corrected chi connectivity index (χ3v) is 19.0. The fraction of sp³-hybridized carbons (Fsp3) is 0.800. The zero-order chi connectivity index (χ0) is 70.0. The predicted molar refractivity (Wildman–Crippen MR) is 391 cm³/mol. The highest BCUT2D eigenvalue weighted by Gasteiger charge is 2.54. The molecule has 17 heteroatoms. The highest BCUT2D eigenvalue weighted by molar-refractivity contribution is 5.73. The van der Waals surface area contributed by atoms with Gasteiger partial charge in [-0.3, -0.25) is 39.4 Å². The van der Waals surface area contributed by atoms with Gasteiger partial charge in [-0.1, -0.05) is 323 Å². The molecule has 3 rings (SSSR count). The SMILES string of the molecule is CCCCCCCCCCCCCCCC(=O)OC[C@H]1O[C@H](Oc2ccc(Nc3ccc([N+](=O)[O-])cc3[N+](=O)[O-])cc2)[C@H](OC(=O)CCCCCCCCCCCCCCC)[C@@H](OC(=O)CCCCCCCCCCCCCCC)[C@@H]1OC(=O)CCCCCCCCCCCCC. The van der Waals surface area contributed by atoms with E-state index in [1.165, 1.54) is 211 Å². The summed E-state index contributed by atoms with van der Waals surface area (Å²) in [4.78, 5) is 78.7. The first-order valence-corrected chi connectivity index (χ1v) is 39.8. The van der Waals surface area contributed by atoms with Gasteiger partial charge in [-0.15, -0.1) is 0 Å². The molecule has 97 heavy (non-hydrogen) atoms. The Morgan fingerprint density at radius 3 is 1.02 bits per heavy atom. The van der Waals surface area contributed by atoms with Crippen molar-refractivity contribution in [3.05, 3.63) is 62.7 Å². The van der Waals surface area contributed by atoms with Crippen LogP contribution in [-0.2, 0) is 42.9 Å². The van der Waals surface area contributed by atoms with E-state index in [-0.39, 0.29) is 43.7 Å². The summed E-state index contributed by atoms with van der Waals surface area (Å²) in [5.41, 5.74) is -0.517. The van der Waals surface area contributed by atoms with Crippen LogP contribution in [0.2, 0.25) is 0 Å². The van der Waals surface area contributed by atoms with E-state index in [1.54, 1.807) is 24.3 Å². The Labute approximate surface area is 586 Å². The lowest BCUT2D eigenvalue weighted by Gasteiger charge is -2.44. The molecular formula is C80H135N3O14. The van der Waals surface area contributed by atoms with Gasteiger partial charge in [0.05, 0.1) is 15.9 Å². The average molecular weight is 1360 g/mol. The maximum Gasteiger partial charge on any atom is 0.306 e. The van der Waals surface area contributed by atoms with E-state index in [9.17, 15) is 39.4 Å². The second kappa shape index (κ2) is 58.5. The molecule has 1 aliphatic rings. The van der Waals surface area contributed by atoms with Gasteiger partial charge in [-0.2, -0.15) is 0 Å². The molecule has 1 N–H and O–H groups in total. The maximum atomic E-state index is 14.4. The number of hydrogen-bond acceptors (Lipinski definition) is 15. The number of nitrogens with one attached hydrogen (secondary N) is 1. The topological polar surface area (TPSA) is 222 Å². The van der Waals surface area contributed by atoms with Gasteiger partial charge >= 0.3 is 23.9 Å². The summed E-state index contributed by atoms with van der Waals surface area (Å²) in [6.07, 6.45) is 50.2. The molecule has 1 aliphatic heterocycles. The quantitative estimate of drug-likeness (QED) is 0.0214. The van der Waals surface area contributed by atoms with Crippen LogP contribution in [0.1, 0.15) is 374 Å². The largest absolute Gasteiger partial charge is 0.463 e. The average Bonchev–Trinajstić information content (AvgIpc) is 0.789. The van der Waals surface area contributed by atoms with Crippen molar-refractivity contribution >= 4 is 46.6 Å². The van der Waals surface area contributed by atoms with Crippen molar-refractivity contribution in [3.8, 4) is 5.75 Å². The number of benzene rings is 2. The summed E-state index contributed by atoms with van der Waals surface area (Å²) in [6, 6.07) is 9.63. The van der Waals surface area contributed by atoms with Crippen molar-refractivity contribution in [2.24, 2.45) is 0 Å². The first-order valence-electron chi connectivity index (χ1n) is 39.8. The van der Waals surface area contributed by atoms with E-state index in [0.29, 0.717) is 31.4 Å². The lowest BCUT2D eigenvalue weighted by molar-refractivity contribution is -0.393. The number of ether oxygens (including phenoxy) is 6. The summed E-state index contributed by atoms with van der Waals surface area (Å²) in [5.74, 6) is -1.92. The van der Waals surface area contributed by atoms with Crippen molar-refractivity contribution in [1.29, 1.82) is 0 Å². The molecule has 0 aromatic heterocycles. The van der Waals surface area contributed by atoms with E-state index in [1.807, 2.05) is 0 Å². The van der Waals surface area contributed by atoms with Gasteiger partial charge in [0.2, 0.25) is 12.4 Å². The first kappa shape index (κ1) is 85.9. The molecule has 1 heterocycles. The molecule has 0 unspecified atom stereocenters. The van der Waals surface area contributed by atoms with Crippen LogP contribution in [0.4, 0.5) is 22.7 Å². The van der Waals surface area contributed by atoms with E-state index >= 15 is 0 Å². The fourth-order valence-electron chi connectivity index (χ4n) is 13.0. The fourth-order valence-corrected chi connectivity index (χ4v) is 13.0. The van der Waals surface area contributed by atoms with Gasteiger partial charge < -0.3 is 33.7 Å². The number of hydrogen-bond donors (Lipinski definition) is 1. The minimum absolute atomic E-state index is 0.0226. The summed E-state index contributed by atoms with van der Waals surface area (Å²) in [6.45, 7) is 8.57. The second-order valence-electron chi connectivity index (χ2n) is 27.8. The minimum Gasteiger partial charge on any atom is -0.463 e. The minimum atomic E-state index is -1.48. The zero-order valence-electron chi connectivity index (χ0n) is 61.4. The second-order valence-corrected chi connectivity index (χ2v) is 27.8. The van der Waals surface area contributed by atoms with Crippen LogP contribution in [0.5, 0.6) is 5.75 Å². The Balaban J connectivity index is 1.92. The zero-order valence-corrected chi connectivity index (χ0v) is 61.4. The number of nitro groups is 2. The van der Waals surface area contributed by atoms with Crippen LogP contribution >= 0.6 is 0 Å². The molecule has 554 valence electrons. The number of carbonyl (C=O) groups is 4. The molecule has 0 bridgehead atoms. The summed E-state index contributed by atoms with van der Waals surface area (Å²) in [5, 5.41) is 26.5. The highest BCUT2D eigenvalue weighted by atomic mass is 16.7. The first-order chi connectivity index (χ1) is 47.4. The number of esters is 4. The molecule has 0 amide bonds. The number of non-ortho nitro benzene ring substituents is 1. The highest BCUT2D eigenvalue weighted by Crippen LogP contribution is 2.35. The van der Waals surface area contributed by atoms with Crippen LogP contribution in [-0.4, -0.2) is 71.0 Å². The molecule has 1 fully saturated rings. The molecular weight excluding hydrogens is 1230 g/mol. The van der Waals surface area contributed by atoms with Crippen molar-refractivity contribution in [1.82, 2.24) is 0 Å². The molecule has 2 aromatic carbocycles. The van der Waals surface area contributed by atoms with E-state index < -0.39 is 75.8 Å². The molecule has 0 saturated carbocycles. The van der Waals surface area contributed by atoms with Crippen LogP contribution in [0.25, 0.3) is 0 Å². The Morgan fingerprint density at radius 1 is 0.381 bits per heavy atom. The smallest absolute Gasteiger partial charge is 0.306 e. The Hall–Kier alpha value is -5.32. The van der Waals surface area contributed by atoms with E-state index in [4.69, 9.17) is 28.4 Å². The van der Waals surface area contributed by atoms with Crippen LogP contribution in [0, 0.1) is 20.2 Å². The molecule has 0 radical (unpaired) electrons. The van der Waals surface area contributed by atoms with Crippen molar-refractivity contribution in [2.45, 2.75) is 405 Å². The third kappa shape index (κ3) is 43.1. The number of nitrogens with zero attached hydrogens (tertiary/aromatic N) is 2. The standard InChI is InChI=1S/C80H135N3O14/c1-5-9-13-17-21-25-29-32-36-39-43-47-51-55-73(84)92-66-72-77(95-74(85)56-52-48-44-40-35-28-24-20-16-12-8-4)78(96-75(86)57-53-49-45-41-37-33-30-26-22-18-14-10-6-2)79(97-76(87)58-54-50-46-42-38-34-31-27-23-19-15-11-7-3)80(94-72)93-69-62-59-67(60-63-69)81-70-64-61-68(82(88)89)65-71(70)83(90)91/h59-65,72,77-81H,5-58,66H2,1-4H3/t72-,77-,78+,79-,80+/m1/s1. The van der Waals surface area contributed by atoms with Gasteiger partial charge in [0.15, 0.2) is 12.2 Å². The van der Waals surface area contributed by atoms with Gasteiger partial charge in [-0.25, -0.2) is 0 Å².